The molecule has 0 spiro atoms. The maximum atomic E-state index is 13.7. The van der Waals surface area contributed by atoms with Crippen LogP contribution in [0.4, 0.5) is 10.1 Å². The minimum absolute atomic E-state index is 0.170. The summed E-state index contributed by atoms with van der Waals surface area (Å²) in [6, 6.07) is 3.65. The van der Waals surface area contributed by atoms with Gasteiger partial charge in [-0.3, -0.25) is 9.52 Å². The van der Waals surface area contributed by atoms with Crippen molar-refractivity contribution in [2.45, 2.75) is 24.5 Å². The number of methoxy groups -OCH3 is 1. The third-order valence-electron chi connectivity index (χ3n) is 3.54. The Bertz CT molecular complexity index is 650. The lowest BCUT2D eigenvalue weighted by Gasteiger charge is -2.19. The van der Waals surface area contributed by atoms with Crippen LogP contribution in [-0.2, 0) is 19.6 Å². The van der Waals surface area contributed by atoms with Crippen LogP contribution < -0.4 is 4.72 Å². The van der Waals surface area contributed by atoms with Gasteiger partial charge in [-0.1, -0.05) is 18.0 Å². The molecule has 1 saturated carbocycles. The van der Waals surface area contributed by atoms with Crippen molar-refractivity contribution >= 4 is 33.3 Å². The van der Waals surface area contributed by atoms with Gasteiger partial charge in [0.1, 0.15) is 5.82 Å². The Balaban J connectivity index is 2.23. The number of carbonyl (C=O) groups is 1. The topological polar surface area (TPSA) is 72.5 Å². The van der Waals surface area contributed by atoms with Gasteiger partial charge in [-0.2, -0.15) is 0 Å². The van der Waals surface area contributed by atoms with Crippen LogP contribution in [0.1, 0.15) is 19.3 Å². The molecule has 1 fully saturated rings. The quantitative estimate of drug-likeness (QED) is 0.858. The third-order valence-corrected chi connectivity index (χ3v) is 5.64. The van der Waals surface area contributed by atoms with E-state index < -0.39 is 33.0 Å². The molecule has 0 saturated heterocycles. The molecule has 1 aromatic carbocycles. The van der Waals surface area contributed by atoms with Gasteiger partial charge in [-0.15, -0.1) is 0 Å². The van der Waals surface area contributed by atoms with Crippen molar-refractivity contribution in [3.05, 3.63) is 29.0 Å². The van der Waals surface area contributed by atoms with Crippen LogP contribution in [-0.4, -0.2) is 26.7 Å². The number of esters is 1. The number of benzene rings is 1. The molecule has 0 amide bonds. The minimum Gasteiger partial charge on any atom is -0.469 e. The number of sulfonamides is 1. The number of carbonyl (C=O) groups excluding carboxylic acids is 1. The summed E-state index contributed by atoms with van der Waals surface area (Å²) in [5.41, 5.74) is -0.185. The zero-order chi connectivity index (χ0) is 15.6. The minimum atomic E-state index is -3.89. The summed E-state index contributed by atoms with van der Waals surface area (Å²) < 4.78 is 45.2. The van der Waals surface area contributed by atoms with E-state index in [0.717, 1.165) is 6.07 Å². The predicted molar refractivity (Wildman–Crippen MR) is 77.1 cm³/mol. The lowest BCUT2D eigenvalue weighted by Crippen LogP contribution is -2.35. The largest absolute Gasteiger partial charge is 0.469 e. The molecular formula is C13H15ClFNO4S. The molecule has 5 nitrogen and oxygen atoms in total. The van der Waals surface area contributed by atoms with E-state index in [4.69, 9.17) is 11.6 Å². The van der Waals surface area contributed by atoms with Crippen molar-refractivity contribution < 1.29 is 22.3 Å². The highest BCUT2D eigenvalue weighted by molar-refractivity contribution is 7.93. The number of anilines is 1. The molecule has 1 aliphatic rings. The van der Waals surface area contributed by atoms with Crippen LogP contribution >= 0.6 is 11.6 Å². The lowest BCUT2D eigenvalue weighted by atomic mass is 10.1. The van der Waals surface area contributed by atoms with Gasteiger partial charge in [-0.05, 0) is 31.0 Å². The molecule has 0 aromatic heterocycles. The summed E-state index contributed by atoms with van der Waals surface area (Å²) in [6.07, 6.45) is 1.39. The van der Waals surface area contributed by atoms with Crippen LogP contribution in [0.15, 0.2) is 18.2 Å². The van der Waals surface area contributed by atoms with E-state index in [2.05, 4.69) is 9.46 Å². The van der Waals surface area contributed by atoms with Gasteiger partial charge in [0.2, 0.25) is 10.0 Å². The van der Waals surface area contributed by atoms with Crippen molar-refractivity contribution in [2.75, 3.05) is 11.8 Å². The summed E-state index contributed by atoms with van der Waals surface area (Å²) in [5, 5.41) is -0.747. The third kappa shape index (κ3) is 3.47. The Morgan fingerprint density at radius 3 is 2.76 bits per heavy atom. The van der Waals surface area contributed by atoms with Gasteiger partial charge in [0.25, 0.3) is 0 Å². The monoisotopic (exact) mass is 335 g/mol. The molecule has 21 heavy (non-hydrogen) atoms. The molecule has 0 aliphatic heterocycles. The second kappa shape index (κ2) is 6.19. The van der Waals surface area contributed by atoms with Crippen molar-refractivity contribution in [1.29, 1.82) is 0 Å². The zero-order valence-electron chi connectivity index (χ0n) is 11.3. The highest BCUT2D eigenvalue weighted by Gasteiger charge is 2.42. The van der Waals surface area contributed by atoms with Crippen molar-refractivity contribution in [1.82, 2.24) is 0 Å². The van der Waals surface area contributed by atoms with E-state index in [-0.39, 0.29) is 10.7 Å². The number of hydrogen-bond acceptors (Lipinski definition) is 4. The number of rotatable bonds is 4. The van der Waals surface area contributed by atoms with E-state index in [0.29, 0.717) is 19.3 Å². The highest BCUT2D eigenvalue weighted by atomic mass is 35.5. The Hall–Kier alpha value is -1.34. The van der Waals surface area contributed by atoms with Gasteiger partial charge < -0.3 is 4.74 Å². The second-order valence-electron chi connectivity index (χ2n) is 4.87. The standard InChI is InChI=1S/C13H15ClFNO4S/c1-20-13(17)9-3-2-4-12(9)21(18,19)16-11-6-5-8(14)7-10(11)15/h5-7,9,12,16H,2-4H2,1H3. The first-order chi connectivity index (χ1) is 9.85. The summed E-state index contributed by atoms with van der Waals surface area (Å²) in [4.78, 5) is 11.6. The van der Waals surface area contributed by atoms with Crippen molar-refractivity contribution in [2.24, 2.45) is 5.92 Å². The normalized spacial score (nSPS) is 22.0. The highest BCUT2D eigenvalue weighted by Crippen LogP contribution is 2.33. The first-order valence-electron chi connectivity index (χ1n) is 6.39. The number of nitrogens with one attached hydrogen (secondary N) is 1. The molecule has 1 N–H and O–H groups in total. The van der Waals surface area contributed by atoms with Gasteiger partial charge in [0, 0.05) is 5.02 Å². The maximum Gasteiger partial charge on any atom is 0.310 e. The summed E-state index contributed by atoms with van der Waals surface area (Å²) in [5.74, 6) is -2.04. The van der Waals surface area contributed by atoms with E-state index >= 15 is 0 Å². The number of ether oxygens (including phenoxy) is 1. The average molecular weight is 336 g/mol. The molecule has 2 rings (SSSR count). The Labute approximate surface area is 127 Å². The van der Waals surface area contributed by atoms with Gasteiger partial charge >= 0.3 is 5.97 Å². The van der Waals surface area contributed by atoms with Crippen LogP contribution in [0.5, 0.6) is 0 Å². The lowest BCUT2D eigenvalue weighted by molar-refractivity contribution is -0.145. The van der Waals surface area contributed by atoms with Crippen LogP contribution in [0.25, 0.3) is 0 Å². The molecule has 0 heterocycles. The first-order valence-corrected chi connectivity index (χ1v) is 8.32. The average Bonchev–Trinajstić information content (AvgIpc) is 2.91. The molecule has 2 unspecified atom stereocenters. The van der Waals surface area contributed by atoms with Gasteiger partial charge in [0.15, 0.2) is 0 Å². The Morgan fingerprint density at radius 2 is 2.14 bits per heavy atom. The summed E-state index contributed by atoms with van der Waals surface area (Å²) in [7, 11) is -2.67. The molecular weight excluding hydrogens is 321 g/mol. The number of halogens is 2. The SMILES string of the molecule is COC(=O)C1CCCC1S(=O)(=O)Nc1ccc(Cl)cc1F. The Morgan fingerprint density at radius 1 is 1.43 bits per heavy atom. The first kappa shape index (κ1) is 16.0. The van der Waals surface area contributed by atoms with Gasteiger partial charge in [-0.25, -0.2) is 12.8 Å². The maximum absolute atomic E-state index is 13.7. The van der Waals surface area contributed by atoms with E-state index in [1.807, 2.05) is 0 Å². The number of hydrogen-bond donors (Lipinski definition) is 1. The van der Waals surface area contributed by atoms with Crippen LogP contribution in [0, 0.1) is 11.7 Å². The molecule has 1 aromatic rings. The van der Waals surface area contributed by atoms with Crippen molar-refractivity contribution in [3.8, 4) is 0 Å². The molecule has 116 valence electrons. The fraction of sp³-hybridized carbons (Fsp3) is 0.462. The van der Waals surface area contributed by atoms with Crippen LogP contribution in [0.2, 0.25) is 5.02 Å². The zero-order valence-corrected chi connectivity index (χ0v) is 12.9. The summed E-state index contributed by atoms with van der Waals surface area (Å²) >= 11 is 5.62. The van der Waals surface area contributed by atoms with E-state index in [9.17, 15) is 17.6 Å². The fourth-order valence-corrected chi connectivity index (χ4v) is 4.46. The predicted octanol–water partition coefficient (Wildman–Crippen LogP) is 2.56. The fourth-order valence-electron chi connectivity index (χ4n) is 2.52. The second-order valence-corrected chi connectivity index (χ2v) is 7.21. The van der Waals surface area contributed by atoms with E-state index in [1.54, 1.807) is 0 Å². The van der Waals surface area contributed by atoms with Crippen molar-refractivity contribution in [3.63, 3.8) is 0 Å². The molecule has 0 radical (unpaired) electrons. The van der Waals surface area contributed by atoms with Gasteiger partial charge in [0.05, 0.1) is 24.0 Å². The molecule has 2 atom stereocenters. The smallest absolute Gasteiger partial charge is 0.310 e. The summed E-state index contributed by atoms with van der Waals surface area (Å²) in [6.45, 7) is 0. The van der Waals surface area contributed by atoms with E-state index in [1.165, 1.54) is 19.2 Å². The molecule has 0 bridgehead atoms. The molecule has 1 aliphatic carbocycles. The molecule has 8 heteroatoms. The van der Waals surface area contributed by atoms with Crippen LogP contribution in [0.3, 0.4) is 0 Å². The Kier molecular flexibility index (Phi) is 4.73.